The van der Waals surface area contributed by atoms with Crippen LogP contribution in [0.3, 0.4) is 0 Å². The highest BCUT2D eigenvalue weighted by Crippen LogP contribution is 2.26. The first-order chi connectivity index (χ1) is 12.6. The SMILES string of the molecule is COc1ccc([C@H](C)NC(=O)N2CCN(CC3CCCC3)CC2)cc1C. The molecular formula is C21H33N3O2. The van der Waals surface area contributed by atoms with Crippen LogP contribution in [0.2, 0.25) is 0 Å². The number of nitrogens with one attached hydrogen (secondary N) is 1. The van der Waals surface area contributed by atoms with Gasteiger partial charge in [0, 0.05) is 32.7 Å². The molecule has 0 aromatic heterocycles. The Hall–Kier alpha value is -1.75. The van der Waals surface area contributed by atoms with Crippen molar-refractivity contribution in [2.24, 2.45) is 5.92 Å². The van der Waals surface area contributed by atoms with Crippen molar-refractivity contribution in [2.75, 3.05) is 39.8 Å². The highest BCUT2D eigenvalue weighted by Gasteiger charge is 2.25. The van der Waals surface area contributed by atoms with E-state index in [1.165, 1.54) is 32.2 Å². The Bertz CT molecular complexity index is 605. The van der Waals surface area contributed by atoms with Gasteiger partial charge in [0.05, 0.1) is 13.2 Å². The van der Waals surface area contributed by atoms with Gasteiger partial charge in [-0.25, -0.2) is 4.79 Å². The van der Waals surface area contributed by atoms with Crippen molar-refractivity contribution in [1.29, 1.82) is 0 Å². The molecule has 1 aromatic carbocycles. The van der Waals surface area contributed by atoms with Crippen molar-refractivity contribution >= 4 is 6.03 Å². The molecule has 1 aliphatic heterocycles. The number of aryl methyl sites for hydroxylation is 1. The van der Waals surface area contributed by atoms with E-state index in [4.69, 9.17) is 4.74 Å². The van der Waals surface area contributed by atoms with Crippen LogP contribution < -0.4 is 10.1 Å². The Morgan fingerprint density at radius 1 is 1.23 bits per heavy atom. The molecule has 5 nitrogen and oxygen atoms in total. The van der Waals surface area contributed by atoms with Crippen LogP contribution in [0.4, 0.5) is 4.79 Å². The molecular weight excluding hydrogens is 326 g/mol. The number of ether oxygens (including phenoxy) is 1. The first-order valence-corrected chi connectivity index (χ1v) is 9.99. The number of nitrogens with zero attached hydrogens (tertiary/aromatic N) is 2. The third-order valence-electron chi connectivity index (χ3n) is 5.91. The minimum absolute atomic E-state index is 0.0105. The Morgan fingerprint density at radius 2 is 1.92 bits per heavy atom. The first kappa shape index (κ1) is 19.0. The predicted molar refractivity (Wildman–Crippen MR) is 105 cm³/mol. The van der Waals surface area contributed by atoms with E-state index >= 15 is 0 Å². The van der Waals surface area contributed by atoms with E-state index in [1.807, 2.05) is 30.9 Å². The fourth-order valence-corrected chi connectivity index (χ4v) is 4.22. The summed E-state index contributed by atoms with van der Waals surface area (Å²) >= 11 is 0. The van der Waals surface area contributed by atoms with Gasteiger partial charge in [0.25, 0.3) is 0 Å². The summed E-state index contributed by atoms with van der Waals surface area (Å²) < 4.78 is 5.31. The molecule has 144 valence electrons. The normalized spacial score (nSPS) is 20.2. The van der Waals surface area contributed by atoms with E-state index < -0.39 is 0 Å². The smallest absolute Gasteiger partial charge is 0.317 e. The van der Waals surface area contributed by atoms with Gasteiger partial charge in [-0.2, -0.15) is 0 Å². The number of amides is 2. The minimum atomic E-state index is -0.0105. The predicted octanol–water partition coefficient (Wildman–Crippen LogP) is 3.58. The van der Waals surface area contributed by atoms with Crippen molar-refractivity contribution < 1.29 is 9.53 Å². The third-order valence-corrected chi connectivity index (χ3v) is 5.91. The maximum atomic E-state index is 12.6. The zero-order chi connectivity index (χ0) is 18.5. The molecule has 1 heterocycles. The summed E-state index contributed by atoms with van der Waals surface area (Å²) in [6.45, 7) is 8.94. The zero-order valence-corrected chi connectivity index (χ0v) is 16.5. The second-order valence-corrected chi connectivity index (χ2v) is 7.84. The molecule has 2 fully saturated rings. The van der Waals surface area contributed by atoms with E-state index in [9.17, 15) is 4.79 Å². The first-order valence-electron chi connectivity index (χ1n) is 9.99. The van der Waals surface area contributed by atoms with Crippen LogP contribution in [-0.2, 0) is 0 Å². The second kappa shape index (κ2) is 8.76. The topological polar surface area (TPSA) is 44.8 Å². The Kier molecular flexibility index (Phi) is 6.41. The van der Waals surface area contributed by atoms with E-state index in [1.54, 1.807) is 7.11 Å². The maximum Gasteiger partial charge on any atom is 0.317 e. The summed E-state index contributed by atoms with van der Waals surface area (Å²) in [7, 11) is 1.68. The van der Waals surface area contributed by atoms with Crippen molar-refractivity contribution in [3.8, 4) is 5.75 Å². The van der Waals surface area contributed by atoms with Gasteiger partial charge in [-0.15, -0.1) is 0 Å². The second-order valence-electron chi connectivity index (χ2n) is 7.84. The van der Waals surface area contributed by atoms with Gasteiger partial charge in [0.15, 0.2) is 0 Å². The number of rotatable bonds is 5. The number of hydrogen-bond acceptors (Lipinski definition) is 3. The zero-order valence-electron chi connectivity index (χ0n) is 16.5. The monoisotopic (exact) mass is 359 g/mol. The van der Waals surface area contributed by atoms with Gasteiger partial charge < -0.3 is 15.0 Å². The minimum Gasteiger partial charge on any atom is -0.496 e. The summed E-state index contributed by atoms with van der Waals surface area (Å²) in [4.78, 5) is 17.1. The van der Waals surface area contributed by atoms with E-state index in [0.29, 0.717) is 0 Å². The van der Waals surface area contributed by atoms with Crippen LogP contribution in [0.15, 0.2) is 18.2 Å². The van der Waals surface area contributed by atoms with Crippen molar-refractivity contribution in [2.45, 2.75) is 45.6 Å². The van der Waals surface area contributed by atoms with Crippen LogP contribution in [0.5, 0.6) is 5.75 Å². The van der Waals surface area contributed by atoms with Crippen molar-refractivity contribution in [1.82, 2.24) is 15.1 Å². The molecule has 0 bridgehead atoms. The van der Waals surface area contributed by atoms with Gasteiger partial charge >= 0.3 is 6.03 Å². The van der Waals surface area contributed by atoms with Gasteiger partial charge in [-0.3, -0.25) is 4.90 Å². The average molecular weight is 360 g/mol. The van der Waals surface area contributed by atoms with Crippen molar-refractivity contribution in [3.05, 3.63) is 29.3 Å². The Balaban J connectivity index is 1.46. The molecule has 1 N–H and O–H groups in total. The highest BCUT2D eigenvalue weighted by molar-refractivity contribution is 5.74. The average Bonchev–Trinajstić information content (AvgIpc) is 3.15. The molecule has 5 heteroatoms. The molecule has 1 atom stereocenters. The molecule has 26 heavy (non-hydrogen) atoms. The number of urea groups is 1. The van der Waals surface area contributed by atoms with Gasteiger partial charge in [-0.05, 0) is 49.8 Å². The number of piperazine rings is 1. The van der Waals surface area contributed by atoms with Crippen LogP contribution in [-0.4, -0.2) is 55.7 Å². The summed E-state index contributed by atoms with van der Waals surface area (Å²) in [5.74, 6) is 1.76. The van der Waals surface area contributed by atoms with E-state index in [-0.39, 0.29) is 12.1 Å². The molecule has 2 aliphatic rings. The van der Waals surface area contributed by atoms with Crippen LogP contribution >= 0.6 is 0 Å². The number of benzene rings is 1. The van der Waals surface area contributed by atoms with Gasteiger partial charge in [0.1, 0.15) is 5.75 Å². The van der Waals surface area contributed by atoms with Crippen LogP contribution in [0.1, 0.15) is 49.8 Å². The molecule has 0 spiro atoms. The lowest BCUT2D eigenvalue weighted by molar-refractivity contribution is 0.126. The Morgan fingerprint density at radius 3 is 2.54 bits per heavy atom. The summed E-state index contributed by atoms with van der Waals surface area (Å²) in [5.41, 5.74) is 2.20. The van der Waals surface area contributed by atoms with E-state index in [2.05, 4.69) is 16.3 Å². The maximum absolute atomic E-state index is 12.6. The van der Waals surface area contributed by atoms with Gasteiger partial charge in [0.2, 0.25) is 0 Å². The summed E-state index contributed by atoms with van der Waals surface area (Å²) in [5, 5.41) is 3.15. The molecule has 1 saturated heterocycles. The molecule has 1 aliphatic carbocycles. The molecule has 2 amide bonds. The number of methoxy groups -OCH3 is 1. The van der Waals surface area contributed by atoms with Crippen LogP contribution in [0.25, 0.3) is 0 Å². The molecule has 0 unspecified atom stereocenters. The number of carbonyl (C=O) groups excluding carboxylic acids is 1. The fourth-order valence-electron chi connectivity index (χ4n) is 4.22. The largest absolute Gasteiger partial charge is 0.496 e. The van der Waals surface area contributed by atoms with E-state index in [0.717, 1.165) is 49.0 Å². The molecule has 3 rings (SSSR count). The lowest BCUT2D eigenvalue weighted by atomic mass is 10.1. The Labute approximate surface area is 157 Å². The highest BCUT2D eigenvalue weighted by atomic mass is 16.5. The van der Waals surface area contributed by atoms with Crippen LogP contribution in [0, 0.1) is 12.8 Å². The summed E-state index contributed by atoms with van der Waals surface area (Å²) in [6.07, 6.45) is 5.57. The molecule has 1 saturated carbocycles. The van der Waals surface area contributed by atoms with Crippen molar-refractivity contribution in [3.63, 3.8) is 0 Å². The fraction of sp³-hybridized carbons (Fsp3) is 0.667. The number of hydrogen-bond donors (Lipinski definition) is 1. The number of carbonyl (C=O) groups is 1. The third kappa shape index (κ3) is 4.70. The molecule has 1 aromatic rings. The van der Waals surface area contributed by atoms with Gasteiger partial charge in [-0.1, -0.05) is 25.0 Å². The summed E-state index contributed by atoms with van der Waals surface area (Å²) in [6, 6.07) is 6.12. The quantitative estimate of drug-likeness (QED) is 0.874. The lowest BCUT2D eigenvalue weighted by Crippen LogP contribution is -2.52. The lowest BCUT2D eigenvalue weighted by Gasteiger charge is -2.36. The standard InChI is InChI=1S/C21H33N3O2/c1-16-14-19(8-9-20(16)26-3)17(2)22-21(25)24-12-10-23(11-13-24)15-18-6-4-5-7-18/h8-9,14,17-18H,4-7,10-13,15H2,1-3H3,(H,22,25)/t17-/m0/s1. The molecule has 0 radical (unpaired) electrons.